The van der Waals surface area contributed by atoms with Crippen molar-refractivity contribution in [3.8, 4) is 0 Å². The number of hydrogen-bond acceptors (Lipinski definition) is 3. The highest BCUT2D eigenvalue weighted by Gasteiger charge is 2.22. The van der Waals surface area contributed by atoms with Crippen LogP contribution < -0.4 is 0 Å². The number of ketones is 1. The highest BCUT2D eigenvalue weighted by Crippen LogP contribution is 2.09. The Morgan fingerprint density at radius 2 is 1.88 bits per heavy atom. The van der Waals surface area contributed by atoms with Crippen LogP contribution in [0.15, 0.2) is 37.6 Å². The molecule has 0 spiro atoms. The molecule has 1 fully saturated rings. The van der Waals surface area contributed by atoms with Gasteiger partial charge >= 0.3 is 0 Å². The van der Waals surface area contributed by atoms with E-state index in [1.54, 1.807) is 29.3 Å². The molecule has 1 aliphatic rings. The summed E-state index contributed by atoms with van der Waals surface area (Å²) in [7, 11) is 0. The van der Waals surface area contributed by atoms with Crippen molar-refractivity contribution in [1.29, 1.82) is 0 Å². The maximum Gasteiger partial charge on any atom is 0.272 e. The normalized spacial score (nSPS) is 14.8. The maximum absolute atomic E-state index is 11.9. The van der Waals surface area contributed by atoms with E-state index in [-0.39, 0.29) is 11.7 Å². The number of aromatic nitrogens is 1. The van der Waals surface area contributed by atoms with Gasteiger partial charge < -0.3 is 4.90 Å². The van der Waals surface area contributed by atoms with E-state index in [1.807, 2.05) is 0 Å². The van der Waals surface area contributed by atoms with Crippen LogP contribution in [0.4, 0.5) is 0 Å². The molecule has 0 saturated carbocycles. The number of nitrogens with zero attached hydrogens (tertiary/aromatic N) is 2. The van der Waals surface area contributed by atoms with E-state index in [0.29, 0.717) is 31.6 Å². The van der Waals surface area contributed by atoms with Crippen LogP contribution in [0.3, 0.4) is 0 Å². The van der Waals surface area contributed by atoms with Crippen LogP contribution in [0.5, 0.6) is 0 Å². The minimum Gasteiger partial charge on any atom is -0.336 e. The van der Waals surface area contributed by atoms with Crippen molar-refractivity contribution >= 4 is 11.7 Å². The Kier molecular flexibility index (Phi) is 5.07. The molecule has 4 heteroatoms. The highest BCUT2D eigenvalue weighted by molar-refractivity contribution is 5.93. The molecular weight excluding hydrogens is 216 g/mol. The lowest BCUT2D eigenvalue weighted by molar-refractivity contribution is -0.120. The summed E-state index contributed by atoms with van der Waals surface area (Å²) in [5.74, 6) is 0.156. The smallest absolute Gasteiger partial charge is 0.272 e. The van der Waals surface area contributed by atoms with E-state index >= 15 is 0 Å². The number of likely N-dealkylation sites (tertiary alicyclic amines) is 1. The summed E-state index contributed by atoms with van der Waals surface area (Å²) >= 11 is 0. The third-order valence-corrected chi connectivity index (χ3v) is 2.49. The third-order valence-electron chi connectivity index (χ3n) is 2.49. The number of amides is 1. The van der Waals surface area contributed by atoms with Crippen molar-refractivity contribution < 1.29 is 9.59 Å². The second-order valence-corrected chi connectivity index (χ2v) is 3.55. The second-order valence-electron chi connectivity index (χ2n) is 3.55. The molecule has 90 valence electrons. The first kappa shape index (κ1) is 13.1. The van der Waals surface area contributed by atoms with Crippen LogP contribution in [-0.4, -0.2) is 34.7 Å². The second kappa shape index (κ2) is 6.58. The van der Waals surface area contributed by atoms with Gasteiger partial charge in [0.15, 0.2) is 0 Å². The van der Waals surface area contributed by atoms with Gasteiger partial charge in [0, 0.05) is 32.1 Å². The summed E-state index contributed by atoms with van der Waals surface area (Å²) in [4.78, 5) is 28.6. The Morgan fingerprint density at radius 3 is 2.41 bits per heavy atom. The minimum absolute atomic E-state index is 0.0805. The summed E-state index contributed by atoms with van der Waals surface area (Å²) in [5, 5.41) is 0. The molecule has 0 N–H and O–H groups in total. The number of carbonyl (C=O) groups is 2. The van der Waals surface area contributed by atoms with Gasteiger partial charge in [-0.1, -0.05) is 6.07 Å². The Labute approximate surface area is 101 Å². The van der Waals surface area contributed by atoms with Gasteiger partial charge in [0.05, 0.1) is 0 Å². The van der Waals surface area contributed by atoms with Gasteiger partial charge in [-0.3, -0.25) is 14.6 Å². The molecule has 1 aliphatic heterocycles. The lowest BCUT2D eigenvalue weighted by atomic mass is 10.1. The fourth-order valence-corrected chi connectivity index (χ4v) is 1.61. The lowest BCUT2D eigenvalue weighted by Crippen LogP contribution is -2.38. The molecule has 1 saturated heterocycles. The summed E-state index contributed by atoms with van der Waals surface area (Å²) < 4.78 is 0. The average molecular weight is 232 g/mol. The van der Waals surface area contributed by atoms with Gasteiger partial charge in [-0.05, 0) is 12.1 Å². The Balaban J connectivity index is 0.000000686. The van der Waals surface area contributed by atoms with E-state index < -0.39 is 0 Å². The van der Waals surface area contributed by atoms with Crippen LogP contribution in [0.2, 0.25) is 0 Å². The third kappa shape index (κ3) is 3.52. The molecule has 4 nitrogen and oxygen atoms in total. The number of Topliss-reactive ketones (excluding diaryl/α,β-unsaturated/α-hetero) is 1. The Bertz CT molecular complexity index is 380. The minimum atomic E-state index is -0.0805. The first-order valence-electron chi connectivity index (χ1n) is 5.49. The molecule has 17 heavy (non-hydrogen) atoms. The van der Waals surface area contributed by atoms with Crippen molar-refractivity contribution in [2.75, 3.05) is 13.1 Å². The monoisotopic (exact) mass is 232 g/mol. The molecular formula is C13H16N2O2. The summed E-state index contributed by atoms with van der Waals surface area (Å²) in [6.07, 6.45) is 2.54. The predicted octanol–water partition coefficient (Wildman–Crippen LogP) is 1.69. The Hall–Kier alpha value is -1.97. The molecule has 1 amide bonds. The number of piperidine rings is 1. The number of rotatable bonds is 1. The van der Waals surface area contributed by atoms with Gasteiger partial charge in [-0.25, -0.2) is 0 Å². The lowest BCUT2D eigenvalue weighted by Gasteiger charge is -2.25. The number of pyridine rings is 1. The van der Waals surface area contributed by atoms with Crippen molar-refractivity contribution in [1.82, 2.24) is 9.88 Å². The fourth-order valence-electron chi connectivity index (χ4n) is 1.61. The Morgan fingerprint density at radius 1 is 1.24 bits per heavy atom. The zero-order valence-corrected chi connectivity index (χ0v) is 9.76. The molecule has 0 aliphatic carbocycles. The van der Waals surface area contributed by atoms with Crippen LogP contribution in [0.25, 0.3) is 0 Å². The standard InChI is InChI=1S/C11H12N2O2.C2H4/c14-9-4-7-13(8-5-9)11(15)10-3-1-2-6-12-10;1-2/h1-3,6H,4-5,7-8H2;1-2H2. The van der Waals surface area contributed by atoms with Crippen LogP contribution in [0, 0.1) is 0 Å². The molecule has 2 rings (SSSR count). The van der Waals surface area contributed by atoms with Crippen LogP contribution >= 0.6 is 0 Å². The first-order chi connectivity index (χ1) is 8.27. The number of carbonyl (C=O) groups excluding carboxylic acids is 2. The summed E-state index contributed by atoms with van der Waals surface area (Å²) in [6, 6.07) is 5.25. The molecule has 0 unspecified atom stereocenters. The van der Waals surface area contributed by atoms with Gasteiger partial charge in [0.25, 0.3) is 5.91 Å². The molecule has 0 bridgehead atoms. The van der Waals surface area contributed by atoms with Crippen molar-refractivity contribution in [2.45, 2.75) is 12.8 Å². The topological polar surface area (TPSA) is 50.3 Å². The van der Waals surface area contributed by atoms with E-state index in [0.717, 1.165) is 0 Å². The van der Waals surface area contributed by atoms with E-state index in [2.05, 4.69) is 18.1 Å². The summed E-state index contributed by atoms with van der Waals surface area (Å²) in [5.41, 5.74) is 0.451. The molecule has 0 atom stereocenters. The molecule has 1 aromatic heterocycles. The van der Waals surface area contributed by atoms with Gasteiger partial charge in [-0.15, -0.1) is 13.2 Å². The zero-order valence-electron chi connectivity index (χ0n) is 9.76. The van der Waals surface area contributed by atoms with E-state index in [9.17, 15) is 9.59 Å². The molecule has 0 radical (unpaired) electrons. The average Bonchev–Trinajstić information content (AvgIpc) is 2.42. The van der Waals surface area contributed by atoms with Crippen molar-refractivity contribution in [3.63, 3.8) is 0 Å². The van der Waals surface area contributed by atoms with Crippen LogP contribution in [0.1, 0.15) is 23.3 Å². The summed E-state index contributed by atoms with van der Waals surface area (Å²) in [6.45, 7) is 7.04. The SMILES string of the molecule is C=C.O=C1CCN(C(=O)c2ccccn2)CC1. The quantitative estimate of drug-likeness (QED) is 0.692. The first-order valence-corrected chi connectivity index (χ1v) is 5.49. The number of hydrogen-bond donors (Lipinski definition) is 0. The van der Waals surface area contributed by atoms with Gasteiger partial charge in [0.2, 0.25) is 0 Å². The van der Waals surface area contributed by atoms with Crippen LogP contribution in [-0.2, 0) is 4.79 Å². The molecule has 1 aromatic rings. The fraction of sp³-hybridized carbons (Fsp3) is 0.308. The molecule has 2 heterocycles. The molecule has 0 aromatic carbocycles. The van der Waals surface area contributed by atoms with Gasteiger partial charge in [0.1, 0.15) is 11.5 Å². The highest BCUT2D eigenvalue weighted by atomic mass is 16.2. The van der Waals surface area contributed by atoms with E-state index in [4.69, 9.17) is 0 Å². The van der Waals surface area contributed by atoms with E-state index in [1.165, 1.54) is 0 Å². The van der Waals surface area contributed by atoms with Crippen molar-refractivity contribution in [2.24, 2.45) is 0 Å². The largest absolute Gasteiger partial charge is 0.336 e. The zero-order chi connectivity index (χ0) is 12.7. The van der Waals surface area contributed by atoms with Gasteiger partial charge in [-0.2, -0.15) is 0 Å². The maximum atomic E-state index is 11.9. The van der Waals surface area contributed by atoms with Crippen molar-refractivity contribution in [3.05, 3.63) is 43.2 Å². The predicted molar refractivity (Wildman–Crippen MR) is 65.6 cm³/mol.